The number of rotatable bonds is 1. The number of carbonyl (C=O) groups excluding carboxylic acids is 2. The van der Waals surface area contributed by atoms with Crippen LogP contribution in [0.5, 0.6) is 0 Å². The van der Waals surface area contributed by atoms with Crippen molar-refractivity contribution in [2.24, 2.45) is 0 Å². The molecule has 3 nitrogen and oxygen atoms in total. The van der Waals surface area contributed by atoms with E-state index in [0.717, 1.165) is 12.1 Å². The van der Waals surface area contributed by atoms with E-state index < -0.39 is 0 Å². The number of nitrogens with zero attached hydrogens (tertiary/aromatic N) is 1. The molecule has 0 aliphatic carbocycles. The molecule has 0 spiro atoms. The first kappa shape index (κ1) is 11.5. The topological polar surface area (TPSA) is 47.0 Å². The summed E-state index contributed by atoms with van der Waals surface area (Å²) in [5, 5.41) is 0. The fourth-order valence-corrected chi connectivity index (χ4v) is 1.06. The lowest BCUT2D eigenvalue weighted by Gasteiger charge is -2.01. The number of pyridine rings is 1. The van der Waals surface area contributed by atoms with E-state index in [1.807, 2.05) is 6.20 Å². The van der Waals surface area contributed by atoms with Gasteiger partial charge in [-0.25, -0.2) is 0 Å². The lowest BCUT2D eigenvalue weighted by atomic mass is 10.1. The van der Waals surface area contributed by atoms with E-state index in [-0.39, 0.29) is 6.15 Å². The van der Waals surface area contributed by atoms with Crippen molar-refractivity contribution >= 4 is 6.15 Å². The Kier molecular flexibility index (Phi) is 5.40. The highest BCUT2D eigenvalue weighted by atomic mass is 16.2. The van der Waals surface area contributed by atoms with E-state index in [4.69, 9.17) is 9.59 Å². The van der Waals surface area contributed by atoms with Crippen molar-refractivity contribution in [2.45, 2.75) is 27.2 Å². The lowest BCUT2D eigenvalue weighted by molar-refractivity contribution is -0.191. The van der Waals surface area contributed by atoms with Crippen LogP contribution < -0.4 is 0 Å². The monoisotopic (exact) mass is 179 g/mol. The summed E-state index contributed by atoms with van der Waals surface area (Å²) in [5.74, 6) is 0. The van der Waals surface area contributed by atoms with Gasteiger partial charge in [0.15, 0.2) is 0 Å². The highest BCUT2D eigenvalue weighted by Gasteiger charge is 1.94. The zero-order chi connectivity index (χ0) is 10.3. The maximum atomic E-state index is 8.12. The van der Waals surface area contributed by atoms with Crippen LogP contribution in [0.3, 0.4) is 0 Å². The third kappa shape index (κ3) is 4.19. The number of aryl methyl sites for hydroxylation is 3. The third-order valence-electron chi connectivity index (χ3n) is 1.71. The summed E-state index contributed by atoms with van der Waals surface area (Å²) >= 11 is 0. The van der Waals surface area contributed by atoms with Crippen LogP contribution in [-0.2, 0) is 16.0 Å². The Balaban J connectivity index is 0.000000424. The Morgan fingerprint density at radius 1 is 1.38 bits per heavy atom. The molecule has 0 radical (unpaired) electrons. The smallest absolute Gasteiger partial charge is 0.261 e. The van der Waals surface area contributed by atoms with Gasteiger partial charge in [-0.2, -0.15) is 9.59 Å². The van der Waals surface area contributed by atoms with Gasteiger partial charge in [-0.3, -0.25) is 4.98 Å². The minimum absolute atomic E-state index is 0.250. The molecule has 0 bridgehead atoms. The van der Waals surface area contributed by atoms with E-state index in [9.17, 15) is 0 Å². The van der Waals surface area contributed by atoms with Gasteiger partial charge >= 0.3 is 6.15 Å². The normalized spacial score (nSPS) is 8.23. The molecule has 0 atom stereocenters. The Hall–Kier alpha value is -1.47. The van der Waals surface area contributed by atoms with Crippen LogP contribution in [0.15, 0.2) is 12.3 Å². The molecule has 1 aromatic rings. The molecule has 0 fully saturated rings. The average molecular weight is 179 g/mol. The van der Waals surface area contributed by atoms with Crippen LogP contribution in [0.2, 0.25) is 0 Å². The van der Waals surface area contributed by atoms with Gasteiger partial charge in [0.2, 0.25) is 0 Å². The number of aromatic nitrogens is 1. The van der Waals surface area contributed by atoms with Crippen molar-refractivity contribution < 1.29 is 9.59 Å². The van der Waals surface area contributed by atoms with Gasteiger partial charge in [-0.15, -0.1) is 0 Å². The molecule has 1 rings (SSSR count). The lowest BCUT2D eigenvalue weighted by Crippen LogP contribution is -1.90. The second-order valence-corrected chi connectivity index (χ2v) is 2.69. The summed E-state index contributed by atoms with van der Waals surface area (Å²) < 4.78 is 0. The van der Waals surface area contributed by atoms with E-state index in [1.165, 1.54) is 11.1 Å². The van der Waals surface area contributed by atoms with Crippen molar-refractivity contribution in [1.29, 1.82) is 0 Å². The summed E-state index contributed by atoms with van der Waals surface area (Å²) in [5.41, 5.74) is 3.77. The first-order valence-electron chi connectivity index (χ1n) is 4.07. The summed E-state index contributed by atoms with van der Waals surface area (Å²) in [4.78, 5) is 20.5. The molecule has 0 unspecified atom stereocenters. The Labute approximate surface area is 77.8 Å². The van der Waals surface area contributed by atoms with Crippen LogP contribution in [0.25, 0.3) is 0 Å². The molecule has 0 saturated heterocycles. The van der Waals surface area contributed by atoms with E-state index >= 15 is 0 Å². The van der Waals surface area contributed by atoms with Crippen molar-refractivity contribution in [2.75, 3.05) is 0 Å². The molecular formula is C10H13NO2. The minimum atomic E-state index is 0.250. The van der Waals surface area contributed by atoms with Crippen LogP contribution in [0.4, 0.5) is 0 Å². The number of hydrogen-bond donors (Lipinski definition) is 0. The SMILES string of the molecule is CCc1cc(C)cnc1C.O=C=O. The predicted molar refractivity (Wildman–Crippen MR) is 48.1 cm³/mol. The third-order valence-corrected chi connectivity index (χ3v) is 1.71. The van der Waals surface area contributed by atoms with Gasteiger partial charge in [-0.05, 0) is 31.4 Å². The van der Waals surface area contributed by atoms with Crippen LogP contribution in [-0.4, -0.2) is 11.1 Å². The van der Waals surface area contributed by atoms with Crippen LogP contribution in [0, 0.1) is 13.8 Å². The summed E-state index contributed by atoms with van der Waals surface area (Å²) in [6.07, 6.45) is 3.25. The molecule has 0 saturated carbocycles. The molecule has 13 heavy (non-hydrogen) atoms. The summed E-state index contributed by atoms with van der Waals surface area (Å²) in [6.45, 7) is 6.29. The molecule has 0 N–H and O–H groups in total. The Bertz CT molecular complexity index is 302. The largest absolute Gasteiger partial charge is 0.373 e. The van der Waals surface area contributed by atoms with Gasteiger partial charge in [0.1, 0.15) is 0 Å². The molecule has 0 amide bonds. The van der Waals surface area contributed by atoms with Gasteiger partial charge < -0.3 is 0 Å². The van der Waals surface area contributed by atoms with Crippen LogP contribution >= 0.6 is 0 Å². The minimum Gasteiger partial charge on any atom is -0.261 e. The fourth-order valence-electron chi connectivity index (χ4n) is 1.06. The maximum Gasteiger partial charge on any atom is 0.373 e. The van der Waals surface area contributed by atoms with Crippen molar-refractivity contribution in [1.82, 2.24) is 4.98 Å². The molecule has 1 heterocycles. The quantitative estimate of drug-likeness (QED) is 0.658. The summed E-state index contributed by atoms with van der Waals surface area (Å²) in [6, 6.07) is 2.20. The van der Waals surface area contributed by atoms with Gasteiger partial charge in [0.05, 0.1) is 0 Å². The van der Waals surface area contributed by atoms with Gasteiger partial charge in [0, 0.05) is 11.9 Å². The zero-order valence-corrected chi connectivity index (χ0v) is 8.13. The first-order chi connectivity index (χ1) is 6.15. The molecule has 1 aromatic heterocycles. The first-order valence-corrected chi connectivity index (χ1v) is 4.07. The molecule has 0 aliphatic heterocycles. The number of hydrogen-bond acceptors (Lipinski definition) is 3. The Morgan fingerprint density at radius 2 is 1.92 bits per heavy atom. The molecular weight excluding hydrogens is 166 g/mol. The van der Waals surface area contributed by atoms with Gasteiger partial charge in [-0.1, -0.05) is 13.0 Å². The standard InChI is InChI=1S/C9H13N.CO2/c1-4-9-5-7(2)6-10-8(9)3;2-1-3/h5-6H,4H2,1-3H3;. The maximum absolute atomic E-state index is 8.12. The molecule has 70 valence electrons. The highest BCUT2D eigenvalue weighted by molar-refractivity contribution is 5.23. The fraction of sp³-hybridized carbons (Fsp3) is 0.400. The second kappa shape index (κ2) is 6.09. The van der Waals surface area contributed by atoms with Crippen molar-refractivity contribution in [3.63, 3.8) is 0 Å². The molecule has 0 aromatic carbocycles. The molecule has 0 aliphatic rings. The van der Waals surface area contributed by atoms with Crippen LogP contribution in [0.1, 0.15) is 23.7 Å². The Morgan fingerprint density at radius 3 is 2.31 bits per heavy atom. The van der Waals surface area contributed by atoms with Gasteiger partial charge in [0.25, 0.3) is 0 Å². The van der Waals surface area contributed by atoms with E-state index in [0.29, 0.717) is 0 Å². The van der Waals surface area contributed by atoms with E-state index in [2.05, 4.69) is 31.8 Å². The molecule has 3 heteroatoms. The highest BCUT2D eigenvalue weighted by Crippen LogP contribution is 2.06. The zero-order valence-electron chi connectivity index (χ0n) is 8.13. The second-order valence-electron chi connectivity index (χ2n) is 2.69. The summed E-state index contributed by atoms with van der Waals surface area (Å²) in [7, 11) is 0. The van der Waals surface area contributed by atoms with Crippen molar-refractivity contribution in [3.8, 4) is 0 Å². The predicted octanol–water partition coefficient (Wildman–Crippen LogP) is 1.68. The van der Waals surface area contributed by atoms with Crippen molar-refractivity contribution in [3.05, 3.63) is 29.1 Å². The average Bonchev–Trinajstić information content (AvgIpc) is 2.10. The van der Waals surface area contributed by atoms with E-state index in [1.54, 1.807) is 0 Å².